The Morgan fingerprint density at radius 1 is 0.912 bits per heavy atom. The first-order valence-electron chi connectivity index (χ1n) is 10.4. The Kier molecular flexibility index (Phi) is 6.61. The maximum absolute atomic E-state index is 13.3. The van der Waals surface area contributed by atoms with Crippen molar-refractivity contribution in [2.24, 2.45) is 0 Å². The number of carbonyl (C=O) groups is 1. The fraction of sp³-hybridized carbons (Fsp3) is 0.0370. The second kappa shape index (κ2) is 9.80. The first kappa shape index (κ1) is 22.9. The van der Waals surface area contributed by atoms with Gasteiger partial charge in [-0.2, -0.15) is 0 Å². The van der Waals surface area contributed by atoms with Gasteiger partial charge in [-0.25, -0.2) is 0 Å². The summed E-state index contributed by atoms with van der Waals surface area (Å²) in [7, 11) is 0. The molecule has 1 aliphatic heterocycles. The minimum Gasteiger partial charge on any atom is -0.488 e. The van der Waals surface area contributed by atoms with Crippen LogP contribution in [0.4, 0.5) is 5.69 Å². The van der Waals surface area contributed by atoms with Crippen molar-refractivity contribution in [2.45, 2.75) is 6.61 Å². The van der Waals surface area contributed by atoms with Crippen LogP contribution >= 0.6 is 47.2 Å². The molecule has 0 spiro atoms. The molecule has 4 aromatic rings. The largest absolute Gasteiger partial charge is 0.488 e. The summed E-state index contributed by atoms with van der Waals surface area (Å²) < 4.78 is 6.66. The van der Waals surface area contributed by atoms with Crippen molar-refractivity contribution >= 4 is 79.9 Å². The van der Waals surface area contributed by atoms with Gasteiger partial charge in [0.2, 0.25) is 0 Å². The number of thiocarbonyl (C=S) groups is 1. The Hall–Kier alpha value is -2.83. The van der Waals surface area contributed by atoms with Crippen molar-refractivity contribution in [2.75, 3.05) is 4.90 Å². The van der Waals surface area contributed by atoms with Crippen molar-refractivity contribution in [3.8, 4) is 5.75 Å². The molecule has 34 heavy (non-hydrogen) atoms. The molecule has 0 radical (unpaired) electrons. The summed E-state index contributed by atoms with van der Waals surface area (Å²) >= 11 is 18.9. The summed E-state index contributed by atoms with van der Waals surface area (Å²) in [6.07, 6.45) is 1.86. The van der Waals surface area contributed by atoms with Crippen LogP contribution in [0.3, 0.4) is 0 Å². The van der Waals surface area contributed by atoms with Gasteiger partial charge in [0.25, 0.3) is 5.91 Å². The molecule has 0 unspecified atom stereocenters. The molecule has 1 amide bonds. The Morgan fingerprint density at radius 3 is 2.50 bits per heavy atom. The molecule has 0 aliphatic carbocycles. The van der Waals surface area contributed by atoms with Crippen molar-refractivity contribution < 1.29 is 9.53 Å². The highest BCUT2D eigenvalue weighted by atomic mass is 35.5. The SMILES string of the molecule is O=C1/C(=C/c2c(OCc3ccc(Cl)cc3)ccc3ccccc23)SC(=S)N1c1cccc(Cl)c1. The molecule has 5 rings (SSSR count). The van der Waals surface area contributed by atoms with E-state index >= 15 is 0 Å². The van der Waals surface area contributed by atoms with Gasteiger partial charge >= 0.3 is 0 Å². The smallest absolute Gasteiger partial charge is 0.270 e. The predicted octanol–water partition coefficient (Wildman–Crippen LogP) is 8.13. The highest BCUT2D eigenvalue weighted by Crippen LogP contribution is 2.39. The second-order valence-corrected chi connectivity index (χ2v) is 10.2. The normalized spacial score (nSPS) is 14.9. The van der Waals surface area contributed by atoms with Crippen LogP contribution in [0.25, 0.3) is 16.8 Å². The van der Waals surface area contributed by atoms with E-state index in [1.54, 1.807) is 18.2 Å². The number of thioether (sulfide) groups is 1. The van der Waals surface area contributed by atoms with Gasteiger partial charge in [-0.1, -0.05) is 95.7 Å². The lowest BCUT2D eigenvalue weighted by Crippen LogP contribution is -2.27. The minimum absolute atomic E-state index is 0.186. The average molecular weight is 522 g/mol. The van der Waals surface area contributed by atoms with Crippen molar-refractivity contribution in [3.63, 3.8) is 0 Å². The molecule has 1 fully saturated rings. The minimum atomic E-state index is -0.186. The average Bonchev–Trinajstić information content (AvgIpc) is 3.12. The van der Waals surface area contributed by atoms with E-state index in [2.05, 4.69) is 0 Å². The molecule has 0 atom stereocenters. The van der Waals surface area contributed by atoms with E-state index in [0.717, 1.165) is 21.9 Å². The van der Waals surface area contributed by atoms with E-state index < -0.39 is 0 Å². The highest BCUT2D eigenvalue weighted by molar-refractivity contribution is 8.27. The number of carbonyl (C=O) groups excluding carboxylic acids is 1. The van der Waals surface area contributed by atoms with E-state index in [1.165, 1.54) is 16.7 Å². The summed E-state index contributed by atoms with van der Waals surface area (Å²) in [5.74, 6) is 0.496. The van der Waals surface area contributed by atoms with Gasteiger partial charge in [-0.3, -0.25) is 9.69 Å². The van der Waals surface area contributed by atoms with Crippen molar-refractivity contribution in [3.05, 3.63) is 111 Å². The first-order chi connectivity index (χ1) is 16.5. The molecule has 1 heterocycles. The fourth-order valence-corrected chi connectivity index (χ4v) is 5.32. The zero-order chi connectivity index (χ0) is 23.7. The molecule has 0 N–H and O–H groups in total. The molecule has 168 valence electrons. The topological polar surface area (TPSA) is 29.5 Å². The van der Waals surface area contributed by atoms with Crippen LogP contribution in [0.1, 0.15) is 11.1 Å². The standard InChI is InChI=1S/C27H17Cl2NO2S2/c28-19-11-8-17(9-12-19)16-32-24-13-10-18-4-1-2-7-22(18)23(24)15-25-26(31)30(27(33)34-25)21-6-3-5-20(29)14-21/h1-15H,16H2/b25-15-. The van der Waals surface area contributed by atoms with E-state index in [1.807, 2.05) is 72.8 Å². The van der Waals surface area contributed by atoms with Gasteiger partial charge in [-0.15, -0.1) is 0 Å². The molecular weight excluding hydrogens is 505 g/mol. The molecule has 3 nitrogen and oxygen atoms in total. The number of amides is 1. The Labute approximate surface area is 216 Å². The van der Waals surface area contributed by atoms with Gasteiger partial charge in [-0.05, 0) is 58.8 Å². The lowest BCUT2D eigenvalue weighted by molar-refractivity contribution is -0.113. The number of nitrogens with zero attached hydrogens (tertiary/aromatic N) is 1. The summed E-state index contributed by atoms with van der Waals surface area (Å²) in [4.78, 5) is 15.4. The molecule has 7 heteroatoms. The van der Waals surface area contributed by atoms with Crippen molar-refractivity contribution in [1.29, 1.82) is 0 Å². The summed E-state index contributed by atoms with van der Waals surface area (Å²) in [5, 5.41) is 3.27. The molecule has 0 bridgehead atoms. The van der Waals surface area contributed by atoms with Crippen LogP contribution in [0.2, 0.25) is 10.0 Å². The number of halogens is 2. The molecule has 1 saturated heterocycles. The van der Waals surface area contributed by atoms with E-state index in [0.29, 0.717) is 37.3 Å². The molecule has 1 aliphatic rings. The van der Waals surface area contributed by atoms with Gasteiger partial charge in [0, 0.05) is 15.6 Å². The number of benzene rings is 4. The van der Waals surface area contributed by atoms with E-state index in [9.17, 15) is 4.79 Å². The predicted molar refractivity (Wildman–Crippen MR) is 147 cm³/mol. The maximum atomic E-state index is 13.3. The van der Waals surface area contributed by atoms with Crippen LogP contribution in [0.5, 0.6) is 5.75 Å². The summed E-state index contributed by atoms with van der Waals surface area (Å²) in [5.41, 5.74) is 2.48. The lowest BCUT2D eigenvalue weighted by atomic mass is 10.0. The highest BCUT2D eigenvalue weighted by Gasteiger charge is 2.33. The first-order valence-corrected chi connectivity index (χ1v) is 12.4. The van der Waals surface area contributed by atoms with Crippen LogP contribution in [0.15, 0.2) is 89.8 Å². The van der Waals surface area contributed by atoms with Crippen LogP contribution in [-0.2, 0) is 11.4 Å². The third-order valence-corrected chi connectivity index (χ3v) is 7.16. The maximum Gasteiger partial charge on any atom is 0.270 e. The van der Waals surface area contributed by atoms with E-state index in [4.69, 9.17) is 40.2 Å². The molecule has 0 aromatic heterocycles. The van der Waals surface area contributed by atoms with Gasteiger partial charge in [0.15, 0.2) is 4.32 Å². The third-order valence-electron chi connectivity index (χ3n) is 5.37. The molecule has 0 saturated carbocycles. The van der Waals surface area contributed by atoms with Gasteiger partial charge in [0.05, 0.1) is 10.6 Å². The van der Waals surface area contributed by atoms with Gasteiger partial charge < -0.3 is 4.74 Å². The number of fused-ring (bicyclic) bond motifs is 1. The van der Waals surface area contributed by atoms with Crippen molar-refractivity contribution in [1.82, 2.24) is 0 Å². The van der Waals surface area contributed by atoms with Crippen LogP contribution in [-0.4, -0.2) is 10.2 Å². The number of ether oxygens (including phenoxy) is 1. The zero-order valence-electron chi connectivity index (χ0n) is 17.7. The van der Waals surface area contributed by atoms with Gasteiger partial charge in [0.1, 0.15) is 12.4 Å². The Balaban J connectivity index is 1.53. The quantitative estimate of drug-likeness (QED) is 0.196. The Bertz CT molecular complexity index is 1450. The lowest BCUT2D eigenvalue weighted by Gasteiger charge is -2.15. The third kappa shape index (κ3) is 4.70. The number of hydrogen-bond acceptors (Lipinski definition) is 4. The monoisotopic (exact) mass is 521 g/mol. The second-order valence-electron chi connectivity index (χ2n) is 7.61. The Morgan fingerprint density at radius 2 is 1.71 bits per heavy atom. The zero-order valence-corrected chi connectivity index (χ0v) is 20.8. The van der Waals surface area contributed by atoms with E-state index in [-0.39, 0.29) is 5.91 Å². The fourth-order valence-electron chi connectivity index (χ4n) is 3.73. The molecular formula is C27H17Cl2NO2S2. The summed E-state index contributed by atoms with van der Waals surface area (Å²) in [6.45, 7) is 0.375. The summed E-state index contributed by atoms with van der Waals surface area (Å²) in [6, 6.07) is 26.6. The van der Waals surface area contributed by atoms with Crippen LogP contribution in [0, 0.1) is 0 Å². The number of hydrogen-bond donors (Lipinski definition) is 0. The number of rotatable bonds is 5. The molecule has 4 aromatic carbocycles. The number of anilines is 1. The van der Waals surface area contributed by atoms with Crippen LogP contribution < -0.4 is 9.64 Å².